The van der Waals surface area contributed by atoms with Gasteiger partial charge in [0.05, 0.1) is 12.1 Å². The quantitative estimate of drug-likeness (QED) is 0.741. The highest BCUT2D eigenvalue weighted by atomic mass is 16.3. The van der Waals surface area contributed by atoms with Crippen LogP contribution < -0.4 is 5.32 Å². The van der Waals surface area contributed by atoms with Gasteiger partial charge in [-0.1, -0.05) is 38.1 Å². The minimum atomic E-state index is -0.387. The molecule has 4 heteroatoms. The van der Waals surface area contributed by atoms with Crippen LogP contribution in [0.1, 0.15) is 56.7 Å². The van der Waals surface area contributed by atoms with E-state index in [2.05, 4.69) is 55.4 Å². The molecule has 1 aromatic rings. The van der Waals surface area contributed by atoms with Crippen molar-refractivity contribution in [3.8, 4) is 0 Å². The van der Waals surface area contributed by atoms with Crippen LogP contribution in [-0.4, -0.2) is 54.5 Å². The van der Waals surface area contributed by atoms with Crippen molar-refractivity contribution < 1.29 is 10.2 Å². The number of piperidine rings is 1. The third-order valence-electron chi connectivity index (χ3n) is 7.07. The lowest BCUT2D eigenvalue weighted by molar-refractivity contribution is -0.0168. The topological polar surface area (TPSA) is 55.7 Å². The van der Waals surface area contributed by atoms with E-state index >= 15 is 0 Å². The van der Waals surface area contributed by atoms with Gasteiger partial charge in [0, 0.05) is 24.0 Å². The number of aliphatic hydroxyl groups is 2. The molecule has 0 unspecified atom stereocenters. The normalized spacial score (nSPS) is 25.5. The summed E-state index contributed by atoms with van der Waals surface area (Å²) in [6, 6.07) is 8.61. The molecule has 2 aliphatic rings. The minimum Gasteiger partial charge on any atom is -0.396 e. The monoisotopic (exact) mass is 346 g/mol. The molecule has 3 rings (SSSR count). The highest BCUT2D eigenvalue weighted by Crippen LogP contribution is 2.52. The van der Waals surface area contributed by atoms with Crippen molar-refractivity contribution in [1.82, 2.24) is 10.2 Å². The molecule has 3 N–H and O–H groups in total. The van der Waals surface area contributed by atoms with Gasteiger partial charge in [0.2, 0.25) is 0 Å². The Balaban J connectivity index is 1.94. The van der Waals surface area contributed by atoms with Crippen molar-refractivity contribution in [2.24, 2.45) is 5.41 Å². The van der Waals surface area contributed by atoms with E-state index in [1.54, 1.807) is 0 Å². The Morgan fingerprint density at radius 1 is 1.20 bits per heavy atom. The largest absolute Gasteiger partial charge is 0.396 e. The second-order valence-corrected chi connectivity index (χ2v) is 8.16. The molecule has 0 saturated carbocycles. The highest BCUT2D eigenvalue weighted by Gasteiger charge is 2.53. The first kappa shape index (κ1) is 18.8. The van der Waals surface area contributed by atoms with Gasteiger partial charge in [-0.25, -0.2) is 0 Å². The summed E-state index contributed by atoms with van der Waals surface area (Å²) in [6.07, 6.45) is 3.49. The van der Waals surface area contributed by atoms with Crippen LogP contribution in [0, 0.1) is 5.41 Å². The second kappa shape index (κ2) is 7.36. The summed E-state index contributed by atoms with van der Waals surface area (Å²) in [7, 11) is 2.11. The summed E-state index contributed by atoms with van der Waals surface area (Å²) in [6.45, 7) is 7.24. The Labute approximate surface area is 152 Å². The minimum absolute atomic E-state index is 0.0123. The molecule has 0 bridgehead atoms. The summed E-state index contributed by atoms with van der Waals surface area (Å²) in [5.74, 6) is 0. The fraction of sp³-hybridized carbons (Fsp3) is 0.714. The Morgan fingerprint density at radius 3 is 2.44 bits per heavy atom. The molecule has 1 spiro atoms. The Hall–Kier alpha value is -0.940. The first-order valence-corrected chi connectivity index (χ1v) is 9.83. The predicted molar refractivity (Wildman–Crippen MR) is 102 cm³/mol. The summed E-state index contributed by atoms with van der Waals surface area (Å²) in [4.78, 5) is 2.30. The maximum absolute atomic E-state index is 11.4. The molecular formula is C21H34N2O2. The van der Waals surface area contributed by atoms with Crippen molar-refractivity contribution >= 4 is 0 Å². The van der Waals surface area contributed by atoms with Gasteiger partial charge >= 0.3 is 0 Å². The summed E-state index contributed by atoms with van der Waals surface area (Å²) >= 11 is 0. The molecule has 4 nitrogen and oxygen atoms in total. The Morgan fingerprint density at radius 2 is 1.84 bits per heavy atom. The molecule has 0 aromatic heterocycles. The van der Waals surface area contributed by atoms with Gasteiger partial charge in [-0.15, -0.1) is 0 Å². The van der Waals surface area contributed by atoms with Crippen molar-refractivity contribution in [2.45, 2.75) is 57.1 Å². The SMILES string of the molecule is CCC(CC)(CO)CN(C)[C@@H]1c2ccccc2C2(CCNCC2)[C@H]1O. The first-order valence-electron chi connectivity index (χ1n) is 9.83. The Bertz CT molecular complexity index is 571. The summed E-state index contributed by atoms with van der Waals surface area (Å²) in [5, 5.41) is 24.9. The van der Waals surface area contributed by atoms with Crippen LogP contribution in [0.5, 0.6) is 0 Å². The third kappa shape index (κ3) is 3.03. The van der Waals surface area contributed by atoms with E-state index in [0.717, 1.165) is 45.3 Å². The van der Waals surface area contributed by atoms with Crippen molar-refractivity contribution in [3.63, 3.8) is 0 Å². The Kier molecular flexibility index (Phi) is 5.54. The van der Waals surface area contributed by atoms with Crippen LogP contribution in [-0.2, 0) is 5.41 Å². The lowest BCUT2D eigenvalue weighted by atomic mass is 9.72. The number of aliphatic hydroxyl groups excluding tert-OH is 2. The van der Waals surface area contributed by atoms with E-state index in [-0.39, 0.29) is 29.6 Å². The van der Waals surface area contributed by atoms with Gasteiger partial charge in [0.15, 0.2) is 0 Å². The fourth-order valence-corrected chi connectivity index (χ4v) is 5.13. The molecule has 25 heavy (non-hydrogen) atoms. The zero-order chi connectivity index (χ0) is 18.1. The molecular weight excluding hydrogens is 312 g/mol. The van der Waals surface area contributed by atoms with E-state index in [4.69, 9.17) is 0 Å². The predicted octanol–water partition coefficient (Wildman–Crippen LogP) is 2.45. The van der Waals surface area contributed by atoms with E-state index < -0.39 is 0 Å². The third-order valence-corrected chi connectivity index (χ3v) is 7.07. The standard InChI is InChI=1S/C21H34N2O2/c1-4-20(5-2,15-24)14-23(3)18-16-8-6-7-9-17(16)21(19(18)25)10-12-22-13-11-21/h6-9,18-19,22,24-25H,4-5,10-15H2,1-3H3/t18-,19+/m1/s1. The fourth-order valence-electron chi connectivity index (χ4n) is 5.13. The van der Waals surface area contributed by atoms with E-state index in [0.29, 0.717) is 0 Å². The number of nitrogens with one attached hydrogen (secondary N) is 1. The first-order chi connectivity index (χ1) is 12.0. The van der Waals surface area contributed by atoms with Crippen LogP contribution in [0.2, 0.25) is 0 Å². The van der Waals surface area contributed by atoms with E-state index in [1.165, 1.54) is 11.1 Å². The van der Waals surface area contributed by atoms with Crippen LogP contribution in [0.3, 0.4) is 0 Å². The number of nitrogens with zero attached hydrogens (tertiary/aromatic N) is 1. The average Bonchev–Trinajstić information content (AvgIpc) is 2.89. The number of likely N-dealkylation sites (N-methyl/N-ethyl adjacent to an activating group) is 1. The molecule has 1 aliphatic heterocycles. The maximum atomic E-state index is 11.4. The lowest BCUT2D eigenvalue weighted by Gasteiger charge is -2.42. The van der Waals surface area contributed by atoms with Crippen molar-refractivity contribution in [3.05, 3.63) is 35.4 Å². The van der Waals surface area contributed by atoms with Gasteiger partial charge in [0.25, 0.3) is 0 Å². The summed E-state index contributed by atoms with van der Waals surface area (Å²) < 4.78 is 0. The lowest BCUT2D eigenvalue weighted by Crippen LogP contribution is -2.49. The van der Waals surface area contributed by atoms with Gasteiger partial charge in [-0.2, -0.15) is 0 Å². The van der Waals surface area contributed by atoms with Gasteiger partial charge in [0.1, 0.15) is 0 Å². The van der Waals surface area contributed by atoms with Crippen LogP contribution in [0.4, 0.5) is 0 Å². The molecule has 1 fully saturated rings. The molecule has 1 saturated heterocycles. The van der Waals surface area contributed by atoms with Crippen molar-refractivity contribution in [1.29, 1.82) is 0 Å². The molecule has 0 radical (unpaired) electrons. The van der Waals surface area contributed by atoms with Crippen molar-refractivity contribution in [2.75, 3.05) is 33.3 Å². The molecule has 1 heterocycles. The molecule has 140 valence electrons. The number of hydrogen-bond donors (Lipinski definition) is 3. The number of hydrogen-bond acceptors (Lipinski definition) is 4. The highest BCUT2D eigenvalue weighted by molar-refractivity contribution is 5.45. The van der Waals surface area contributed by atoms with E-state index in [9.17, 15) is 10.2 Å². The zero-order valence-electron chi connectivity index (χ0n) is 16.0. The summed E-state index contributed by atoms with van der Waals surface area (Å²) in [5.41, 5.74) is 2.40. The van der Waals surface area contributed by atoms with E-state index in [1.807, 2.05) is 0 Å². The van der Waals surface area contributed by atoms with Crippen LogP contribution in [0.25, 0.3) is 0 Å². The average molecular weight is 347 g/mol. The smallest absolute Gasteiger partial charge is 0.0834 e. The number of benzene rings is 1. The molecule has 1 aromatic carbocycles. The number of rotatable bonds is 6. The van der Waals surface area contributed by atoms with Crippen LogP contribution in [0.15, 0.2) is 24.3 Å². The van der Waals surface area contributed by atoms with Gasteiger partial charge in [-0.3, -0.25) is 4.90 Å². The second-order valence-electron chi connectivity index (χ2n) is 8.16. The number of fused-ring (bicyclic) bond motifs is 2. The zero-order valence-corrected chi connectivity index (χ0v) is 16.0. The van der Waals surface area contributed by atoms with Gasteiger partial charge < -0.3 is 15.5 Å². The molecule has 2 atom stereocenters. The van der Waals surface area contributed by atoms with Crippen LogP contribution >= 0.6 is 0 Å². The maximum Gasteiger partial charge on any atom is 0.0834 e. The molecule has 0 amide bonds. The van der Waals surface area contributed by atoms with Gasteiger partial charge in [-0.05, 0) is 56.9 Å². The molecule has 1 aliphatic carbocycles.